The SMILES string of the molecule is O=C1NCc2c1cccc2-c1ncc(C2OCCO2)s1. The maximum Gasteiger partial charge on any atom is 0.251 e. The number of ether oxygens (including phenoxy) is 2. The summed E-state index contributed by atoms with van der Waals surface area (Å²) >= 11 is 1.55. The van der Waals surface area contributed by atoms with Gasteiger partial charge in [-0.05, 0) is 11.6 Å². The number of benzene rings is 1. The Morgan fingerprint density at radius 2 is 2.05 bits per heavy atom. The van der Waals surface area contributed by atoms with Crippen LogP contribution in [0.2, 0.25) is 0 Å². The van der Waals surface area contributed by atoms with Crippen LogP contribution in [0.25, 0.3) is 10.6 Å². The summed E-state index contributed by atoms with van der Waals surface area (Å²) in [6.45, 7) is 1.81. The molecule has 0 spiro atoms. The number of fused-ring (bicyclic) bond motifs is 1. The van der Waals surface area contributed by atoms with Gasteiger partial charge in [0.15, 0.2) is 6.29 Å². The molecule has 0 aliphatic carbocycles. The average Bonchev–Trinajstić information content (AvgIpc) is 3.18. The van der Waals surface area contributed by atoms with E-state index in [9.17, 15) is 4.79 Å². The van der Waals surface area contributed by atoms with Gasteiger partial charge in [-0.2, -0.15) is 0 Å². The molecule has 2 aliphatic rings. The first-order chi connectivity index (χ1) is 9.83. The van der Waals surface area contributed by atoms with Gasteiger partial charge < -0.3 is 14.8 Å². The topological polar surface area (TPSA) is 60.5 Å². The van der Waals surface area contributed by atoms with Crippen LogP contribution >= 0.6 is 11.3 Å². The lowest BCUT2D eigenvalue weighted by Crippen LogP contribution is -2.12. The summed E-state index contributed by atoms with van der Waals surface area (Å²) in [5, 5.41) is 3.74. The lowest BCUT2D eigenvalue weighted by Gasteiger charge is -2.05. The zero-order chi connectivity index (χ0) is 13.5. The molecule has 1 saturated heterocycles. The summed E-state index contributed by atoms with van der Waals surface area (Å²) < 4.78 is 11.0. The van der Waals surface area contributed by atoms with E-state index in [1.54, 1.807) is 17.5 Å². The molecule has 1 aromatic carbocycles. The Bertz CT molecular complexity index is 677. The van der Waals surface area contributed by atoms with Crippen LogP contribution in [0.3, 0.4) is 0 Å². The van der Waals surface area contributed by atoms with Crippen LogP contribution in [-0.4, -0.2) is 24.1 Å². The van der Waals surface area contributed by atoms with Crippen molar-refractivity contribution in [1.29, 1.82) is 0 Å². The fourth-order valence-corrected chi connectivity index (χ4v) is 3.46. The fourth-order valence-electron chi connectivity index (χ4n) is 2.50. The highest BCUT2D eigenvalue weighted by Gasteiger charge is 2.25. The van der Waals surface area contributed by atoms with Gasteiger partial charge in [0.1, 0.15) is 5.01 Å². The molecule has 1 aromatic heterocycles. The van der Waals surface area contributed by atoms with E-state index in [1.165, 1.54) is 0 Å². The Morgan fingerprint density at radius 3 is 2.90 bits per heavy atom. The maximum atomic E-state index is 11.7. The molecule has 1 fully saturated rings. The van der Waals surface area contributed by atoms with E-state index >= 15 is 0 Å². The second-order valence-corrected chi connectivity index (χ2v) is 5.72. The predicted octanol–water partition coefficient (Wildman–Crippen LogP) is 2.10. The highest BCUT2D eigenvalue weighted by atomic mass is 32.1. The Morgan fingerprint density at radius 1 is 1.25 bits per heavy atom. The molecule has 20 heavy (non-hydrogen) atoms. The predicted molar refractivity (Wildman–Crippen MR) is 73.4 cm³/mol. The van der Waals surface area contributed by atoms with Gasteiger partial charge in [-0.1, -0.05) is 12.1 Å². The number of nitrogens with zero attached hydrogens (tertiary/aromatic N) is 1. The largest absolute Gasteiger partial charge is 0.348 e. The third kappa shape index (κ3) is 1.84. The summed E-state index contributed by atoms with van der Waals surface area (Å²) in [6.07, 6.45) is 1.50. The van der Waals surface area contributed by atoms with Gasteiger partial charge in [0.25, 0.3) is 5.91 Å². The number of rotatable bonds is 2. The Hall–Kier alpha value is -1.76. The van der Waals surface area contributed by atoms with Crippen molar-refractivity contribution in [3.63, 3.8) is 0 Å². The number of carbonyl (C=O) groups is 1. The van der Waals surface area contributed by atoms with Crippen molar-refractivity contribution < 1.29 is 14.3 Å². The number of amides is 1. The van der Waals surface area contributed by atoms with Crippen molar-refractivity contribution in [2.75, 3.05) is 13.2 Å². The average molecular weight is 288 g/mol. The van der Waals surface area contributed by atoms with Crippen LogP contribution < -0.4 is 5.32 Å². The van der Waals surface area contributed by atoms with Gasteiger partial charge in [0.2, 0.25) is 0 Å². The number of hydrogen-bond donors (Lipinski definition) is 1. The molecule has 102 valence electrons. The molecule has 5 nitrogen and oxygen atoms in total. The smallest absolute Gasteiger partial charge is 0.251 e. The van der Waals surface area contributed by atoms with E-state index in [1.807, 2.05) is 18.2 Å². The van der Waals surface area contributed by atoms with Crippen LogP contribution in [0.5, 0.6) is 0 Å². The zero-order valence-corrected chi connectivity index (χ0v) is 11.4. The van der Waals surface area contributed by atoms with Gasteiger partial charge in [0, 0.05) is 23.9 Å². The molecule has 0 bridgehead atoms. The van der Waals surface area contributed by atoms with Crippen molar-refractivity contribution >= 4 is 17.2 Å². The van der Waals surface area contributed by atoms with E-state index in [4.69, 9.17) is 9.47 Å². The molecular formula is C14H12N2O3S. The summed E-state index contributed by atoms with van der Waals surface area (Å²) in [6, 6.07) is 5.74. The van der Waals surface area contributed by atoms with Crippen LogP contribution in [-0.2, 0) is 16.0 Å². The maximum absolute atomic E-state index is 11.7. The molecule has 4 rings (SSSR count). The summed E-state index contributed by atoms with van der Waals surface area (Å²) in [5.41, 5.74) is 2.77. The second kappa shape index (κ2) is 4.66. The number of aromatic nitrogens is 1. The number of carbonyl (C=O) groups excluding carboxylic acids is 1. The lowest BCUT2D eigenvalue weighted by atomic mass is 10.0. The molecule has 6 heteroatoms. The molecule has 1 amide bonds. The van der Waals surface area contributed by atoms with Crippen molar-refractivity contribution in [3.8, 4) is 10.6 Å². The third-order valence-electron chi connectivity index (χ3n) is 3.45. The fraction of sp³-hybridized carbons (Fsp3) is 0.286. The van der Waals surface area contributed by atoms with Gasteiger partial charge in [-0.25, -0.2) is 4.98 Å². The highest BCUT2D eigenvalue weighted by Crippen LogP contribution is 2.35. The lowest BCUT2D eigenvalue weighted by molar-refractivity contribution is -0.0414. The zero-order valence-electron chi connectivity index (χ0n) is 10.6. The summed E-state index contributed by atoms with van der Waals surface area (Å²) in [5.74, 6) is -0.0129. The first kappa shape index (κ1) is 12.0. The summed E-state index contributed by atoms with van der Waals surface area (Å²) in [4.78, 5) is 17.1. The van der Waals surface area contributed by atoms with Crippen molar-refractivity contribution in [3.05, 3.63) is 40.4 Å². The van der Waals surface area contributed by atoms with E-state index in [0.717, 1.165) is 26.6 Å². The molecule has 0 unspecified atom stereocenters. The Balaban J connectivity index is 1.73. The minimum atomic E-state index is -0.294. The minimum Gasteiger partial charge on any atom is -0.348 e. The molecule has 0 saturated carbocycles. The normalized spacial score (nSPS) is 18.3. The van der Waals surface area contributed by atoms with Crippen LogP contribution in [0.15, 0.2) is 24.4 Å². The first-order valence-electron chi connectivity index (χ1n) is 6.42. The highest BCUT2D eigenvalue weighted by molar-refractivity contribution is 7.15. The van der Waals surface area contributed by atoms with Gasteiger partial charge in [-0.15, -0.1) is 11.3 Å². The van der Waals surface area contributed by atoms with Gasteiger partial charge >= 0.3 is 0 Å². The van der Waals surface area contributed by atoms with Crippen molar-refractivity contribution in [2.45, 2.75) is 12.8 Å². The van der Waals surface area contributed by atoms with E-state index < -0.39 is 0 Å². The number of thiazole rings is 1. The summed E-state index contributed by atoms with van der Waals surface area (Å²) in [7, 11) is 0. The molecule has 3 heterocycles. The van der Waals surface area contributed by atoms with E-state index in [-0.39, 0.29) is 12.2 Å². The van der Waals surface area contributed by atoms with Gasteiger partial charge in [-0.3, -0.25) is 4.79 Å². The molecule has 2 aromatic rings. The first-order valence-corrected chi connectivity index (χ1v) is 7.24. The Kier molecular flexibility index (Phi) is 2.80. The third-order valence-corrected chi connectivity index (χ3v) is 4.51. The van der Waals surface area contributed by atoms with Crippen molar-refractivity contribution in [2.24, 2.45) is 0 Å². The quantitative estimate of drug-likeness (QED) is 0.919. The van der Waals surface area contributed by atoms with Crippen LogP contribution in [0.4, 0.5) is 0 Å². The molecule has 2 aliphatic heterocycles. The molecule has 0 atom stereocenters. The Labute approximate surface area is 119 Å². The van der Waals surface area contributed by atoms with E-state index in [2.05, 4.69) is 10.3 Å². The standard InChI is InChI=1S/C14H12N2O3S/c17-12-8-2-1-3-9(10(8)6-15-12)13-16-7-11(20-13)14-18-4-5-19-14/h1-3,7,14H,4-6H2,(H,15,17). The second-order valence-electron chi connectivity index (χ2n) is 4.66. The van der Waals surface area contributed by atoms with Crippen molar-refractivity contribution in [1.82, 2.24) is 10.3 Å². The monoisotopic (exact) mass is 288 g/mol. The number of hydrogen-bond acceptors (Lipinski definition) is 5. The van der Waals surface area contributed by atoms with Crippen LogP contribution in [0, 0.1) is 0 Å². The molecule has 1 N–H and O–H groups in total. The molecular weight excluding hydrogens is 276 g/mol. The van der Waals surface area contributed by atoms with E-state index in [0.29, 0.717) is 19.8 Å². The molecule has 0 radical (unpaired) electrons. The van der Waals surface area contributed by atoms with Crippen LogP contribution in [0.1, 0.15) is 27.1 Å². The number of nitrogens with one attached hydrogen (secondary N) is 1. The van der Waals surface area contributed by atoms with Gasteiger partial charge in [0.05, 0.1) is 18.1 Å². The minimum absolute atomic E-state index is 0.0129.